The molecule has 0 saturated heterocycles. The van der Waals surface area contributed by atoms with Crippen LogP contribution in [0.3, 0.4) is 0 Å². The fourth-order valence-electron chi connectivity index (χ4n) is 3.28. The summed E-state index contributed by atoms with van der Waals surface area (Å²) in [7, 11) is 0. The first-order chi connectivity index (χ1) is 12.8. The van der Waals surface area contributed by atoms with Crippen LogP contribution in [0.5, 0.6) is 0 Å². The Labute approximate surface area is 160 Å². The number of carboxylic acid groups (broad SMARTS) is 2. The first-order valence-electron chi connectivity index (χ1n) is 9.46. The van der Waals surface area contributed by atoms with Crippen molar-refractivity contribution >= 4 is 11.9 Å². The van der Waals surface area contributed by atoms with Gasteiger partial charge in [0.05, 0.1) is 12.8 Å². The maximum Gasteiger partial charge on any atom is 0.303 e. The predicted octanol–water partition coefficient (Wildman–Crippen LogP) is 5.02. The van der Waals surface area contributed by atoms with E-state index in [4.69, 9.17) is 10.2 Å². The Morgan fingerprint density at radius 1 is 0.704 bits per heavy atom. The third-order valence-electron chi connectivity index (χ3n) is 4.99. The fraction of sp³-hybridized carbons (Fsp3) is 0.391. The van der Waals surface area contributed by atoms with Crippen LogP contribution in [0, 0.1) is 0 Å². The molecule has 2 N–H and O–H groups in total. The summed E-state index contributed by atoms with van der Waals surface area (Å²) in [6.07, 6.45) is 3.30. The zero-order valence-corrected chi connectivity index (χ0v) is 16.0. The van der Waals surface area contributed by atoms with Crippen molar-refractivity contribution in [1.29, 1.82) is 0 Å². The molecular weight excluding hydrogens is 340 g/mol. The molecule has 2 unspecified atom stereocenters. The van der Waals surface area contributed by atoms with Gasteiger partial charge in [-0.05, 0) is 53.4 Å². The van der Waals surface area contributed by atoms with Crippen LogP contribution in [0.15, 0.2) is 48.5 Å². The van der Waals surface area contributed by atoms with Gasteiger partial charge in [0.1, 0.15) is 0 Å². The van der Waals surface area contributed by atoms with Gasteiger partial charge in [-0.1, -0.05) is 62.4 Å². The second kappa shape index (κ2) is 9.91. The molecule has 0 aliphatic heterocycles. The number of carbonyl (C=O) groups is 2. The lowest BCUT2D eigenvalue weighted by molar-refractivity contribution is -0.138. The predicted molar refractivity (Wildman–Crippen MR) is 106 cm³/mol. The van der Waals surface area contributed by atoms with Gasteiger partial charge in [0.25, 0.3) is 0 Å². The lowest BCUT2D eigenvalue weighted by Crippen LogP contribution is -2.03. The Morgan fingerprint density at radius 2 is 1.04 bits per heavy atom. The maximum absolute atomic E-state index is 10.8. The van der Waals surface area contributed by atoms with E-state index in [1.807, 2.05) is 38.1 Å². The van der Waals surface area contributed by atoms with Crippen molar-refractivity contribution in [3.63, 3.8) is 0 Å². The third kappa shape index (κ3) is 6.89. The number of hydrogen-bond donors (Lipinski definition) is 2. The van der Waals surface area contributed by atoms with Crippen LogP contribution >= 0.6 is 0 Å². The highest BCUT2D eigenvalue weighted by Gasteiger charge is 2.11. The van der Waals surface area contributed by atoms with E-state index in [0.717, 1.165) is 30.4 Å². The Bertz CT molecular complexity index is 681. The van der Waals surface area contributed by atoms with Crippen molar-refractivity contribution in [2.45, 2.75) is 57.8 Å². The molecule has 0 aromatic heterocycles. The van der Waals surface area contributed by atoms with E-state index in [0.29, 0.717) is 0 Å². The Balaban J connectivity index is 1.82. The van der Waals surface area contributed by atoms with Crippen molar-refractivity contribution in [2.24, 2.45) is 0 Å². The molecule has 144 valence electrons. The van der Waals surface area contributed by atoms with E-state index in [-0.39, 0.29) is 24.7 Å². The minimum atomic E-state index is -0.769. The standard InChI is InChI=1S/C23H28O4/c1-16(14-22(24)25)20-10-6-18(7-11-20)4-3-5-19-8-12-21(13-9-19)17(2)15-23(26)27/h6-13,16-17H,3-5,14-15H2,1-2H3,(H,24,25)(H,26,27). The van der Waals surface area contributed by atoms with Gasteiger partial charge >= 0.3 is 11.9 Å². The fourth-order valence-corrected chi connectivity index (χ4v) is 3.28. The number of aliphatic carboxylic acids is 2. The molecule has 0 amide bonds. The largest absolute Gasteiger partial charge is 0.481 e. The van der Waals surface area contributed by atoms with Crippen LogP contribution in [-0.4, -0.2) is 22.2 Å². The summed E-state index contributed by atoms with van der Waals surface area (Å²) >= 11 is 0. The Hall–Kier alpha value is -2.62. The molecule has 0 aliphatic rings. The molecule has 2 aromatic carbocycles. The first kappa shape index (κ1) is 20.7. The molecule has 27 heavy (non-hydrogen) atoms. The van der Waals surface area contributed by atoms with Crippen LogP contribution in [0.1, 0.15) is 67.2 Å². The zero-order valence-electron chi connectivity index (χ0n) is 16.0. The third-order valence-corrected chi connectivity index (χ3v) is 4.99. The highest BCUT2D eigenvalue weighted by atomic mass is 16.4. The molecule has 0 heterocycles. The lowest BCUT2D eigenvalue weighted by atomic mass is 9.94. The SMILES string of the molecule is CC(CC(=O)O)c1ccc(CCCc2ccc(C(C)CC(=O)O)cc2)cc1. The van der Waals surface area contributed by atoms with Crippen LogP contribution in [0.4, 0.5) is 0 Å². The molecule has 0 saturated carbocycles. The van der Waals surface area contributed by atoms with Crippen LogP contribution < -0.4 is 0 Å². The molecule has 4 nitrogen and oxygen atoms in total. The van der Waals surface area contributed by atoms with Crippen LogP contribution in [0.25, 0.3) is 0 Å². The second-order valence-corrected chi connectivity index (χ2v) is 7.33. The van der Waals surface area contributed by atoms with Crippen LogP contribution in [-0.2, 0) is 22.4 Å². The summed E-state index contributed by atoms with van der Waals surface area (Å²) in [5, 5.41) is 17.8. The van der Waals surface area contributed by atoms with Crippen molar-refractivity contribution in [3.05, 3.63) is 70.8 Å². The summed E-state index contributed by atoms with van der Waals surface area (Å²) in [5.74, 6) is -1.48. The number of carboxylic acids is 2. The Kier molecular flexibility index (Phi) is 7.59. The molecule has 2 aromatic rings. The number of hydrogen-bond acceptors (Lipinski definition) is 2. The molecule has 4 heteroatoms. The van der Waals surface area contributed by atoms with E-state index in [9.17, 15) is 9.59 Å². The van der Waals surface area contributed by atoms with Crippen molar-refractivity contribution < 1.29 is 19.8 Å². The van der Waals surface area contributed by atoms with E-state index < -0.39 is 11.9 Å². The van der Waals surface area contributed by atoms with E-state index in [1.54, 1.807) is 0 Å². The molecule has 0 aliphatic carbocycles. The van der Waals surface area contributed by atoms with Crippen molar-refractivity contribution in [3.8, 4) is 0 Å². The summed E-state index contributed by atoms with van der Waals surface area (Å²) in [4.78, 5) is 21.6. The quantitative estimate of drug-likeness (QED) is 0.617. The molecule has 2 rings (SSSR count). The molecule has 2 atom stereocenters. The molecule has 0 spiro atoms. The van der Waals surface area contributed by atoms with Gasteiger partial charge in [-0.3, -0.25) is 9.59 Å². The minimum Gasteiger partial charge on any atom is -0.481 e. The number of aryl methyl sites for hydroxylation is 2. The van der Waals surface area contributed by atoms with E-state index >= 15 is 0 Å². The molecule has 0 bridgehead atoms. The maximum atomic E-state index is 10.8. The summed E-state index contributed by atoms with van der Waals surface area (Å²) in [6.45, 7) is 3.87. The van der Waals surface area contributed by atoms with Crippen molar-refractivity contribution in [2.75, 3.05) is 0 Å². The monoisotopic (exact) mass is 368 g/mol. The molecular formula is C23H28O4. The second-order valence-electron chi connectivity index (χ2n) is 7.33. The van der Waals surface area contributed by atoms with Gasteiger partial charge < -0.3 is 10.2 Å². The van der Waals surface area contributed by atoms with Gasteiger partial charge in [0.15, 0.2) is 0 Å². The normalized spacial score (nSPS) is 13.1. The van der Waals surface area contributed by atoms with Crippen LogP contribution in [0.2, 0.25) is 0 Å². The first-order valence-corrected chi connectivity index (χ1v) is 9.46. The average molecular weight is 368 g/mol. The summed E-state index contributed by atoms with van der Waals surface area (Å²) < 4.78 is 0. The van der Waals surface area contributed by atoms with Crippen molar-refractivity contribution in [1.82, 2.24) is 0 Å². The van der Waals surface area contributed by atoms with Gasteiger partial charge in [-0.25, -0.2) is 0 Å². The topological polar surface area (TPSA) is 74.6 Å². The summed E-state index contributed by atoms with van der Waals surface area (Å²) in [6, 6.07) is 16.5. The highest BCUT2D eigenvalue weighted by Crippen LogP contribution is 2.21. The molecule has 0 radical (unpaired) electrons. The molecule has 0 fully saturated rings. The van der Waals surface area contributed by atoms with Gasteiger partial charge in [-0.2, -0.15) is 0 Å². The van der Waals surface area contributed by atoms with Gasteiger partial charge in [0, 0.05) is 0 Å². The summed E-state index contributed by atoms with van der Waals surface area (Å²) in [5.41, 5.74) is 4.64. The zero-order chi connectivity index (χ0) is 19.8. The number of benzene rings is 2. The van der Waals surface area contributed by atoms with Gasteiger partial charge in [-0.15, -0.1) is 0 Å². The minimum absolute atomic E-state index is 0.0265. The highest BCUT2D eigenvalue weighted by molar-refractivity contribution is 5.68. The lowest BCUT2D eigenvalue weighted by Gasteiger charge is -2.11. The van der Waals surface area contributed by atoms with Gasteiger partial charge in [0.2, 0.25) is 0 Å². The number of rotatable bonds is 10. The van der Waals surface area contributed by atoms with E-state index in [1.165, 1.54) is 11.1 Å². The Morgan fingerprint density at radius 3 is 1.33 bits per heavy atom. The smallest absolute Gasteiger partial charge is 0.303 e. The van der Waals surface area contributed by atoms with E-state index in [2.05, 4.69) is 24.3 Å². The average Bonchev–Trinajstić information content (AvgIpc) is 2.61.